The number of urea groups is 1. The van der Waals surface area contributed by atoms with Crippen LogP contribution < -0.4 is 5.32 Å². The fourth-order valence-electron chi connectivity index (χ4n) is 4.55. The fraction of sp³-hybridized carbons (Fsp3) is 0.800. The summed E-state index contributed by atoms with van der Waals surface area (Å²) in [6.07, 6.45) is 6.67. The van der Waals surface area contributed by atoms with Crippen molar-refractivity contribution >= 4 is 22.0 Å². The van der Waals surface area contributed by atoms with Crippen LogP contribution in [0, 0.1) is 0 Å². The molecule has 0 unspecified atom stereocenters. The summed E-state index contributed by atoms with van der Waals surface area (Å²) in [4.78, 5) is 28.0. The summed E-state index contributed by atoms with van der Waals surface area (Å²) in [5.41, 5.74) is -0.401. The van der Waals surface area contributed by atoms with Crippen molar-refractivity contribution in [1.29, 1.82) is 0 Å². The van der Waals surface area contributed by atoms with Gasteiger partial charge in [-0.15, -0.1) is 0 Å². The van der Waals surface area contributed by atoms with Gasteiger partial charge in [0.15, 0.2) is 0 Å². The lowest BCUT2D eigenvalue weighted by molar-refractivity contribution is -0.118. The standard InChI is InChI=1S/C20H34N4O4S/c1-3-18(25)21-20(2)9-15-24(16-10-20)29(27,28)17-7-13-23(14-8-17)19(26)22-11-5-4-6-12-22/h3,17H,1,4-16H2,2H3,(H,21,25). The number of carbonyl (C=O) groups excluding carboxylic acids is 2. The summed E-state index contributed by atoms with van der Waals surface area (Å²) < 4.78 is 27.8. The Bertz CT molecular complexity index is 717. The van der Waals surface area contributed by atoms with Crippen molar-refractivity contribution < 1.29 is 18.0 Å². The van der Waals surface area contributed by atoms with E-state index in [9.17, 15) is 18.0 Å². The van der Waals surface area contributed by atoms with Crippen molar-refractivity contribution in [1.82, 2.24) is 19.4 Å². The molecular formula is C20H34N4O4S. The molecule has 0 bridgehead atoms. The minimum Gasteiger partial charge on any atom is -0.347 e. The molecule has 0 aromatic rings. The second kappa shape index (κ2) is 9.04. The number of nitrogens with zero attached hydrogens (tertiary/aromatic N) is 3. The molecule has 0 aromatic carbocycles. The van der Waals surface area contributed by atoms with E-state index in [0.717, 1.165) is 25.9 Å². The van der Waals surface area contributed by atoms with E-state index in [4.69, 9.17) is 0 Å². The van der Waals surface area contributed by atoms with E-state index in [0.29, 0.717) is 51.9 Å². The van der Waals surface area contributed by atoms with Gasteiger partial charge in [-0.05, 0) is 57.9 Å². The van der Waals surface area contributed by atoms with Gasteiger partial charge in [-0.1, -0.05) is 6.58 Å². The first-order valence-corrected chi connectivity index (χ1v) is 12.2. The molecule has 0 spiro atoms. The molecule has 3 amide bonds. The molecule has 3 aliphatic rings. The topological polar surface area (TPSA) is 90.0 Å². The van der Waals surface area contributed by atoms with E-state index in [1.54, 1.807) is 4.31 Å². The number of sulfonamides is 1. The smallest absolute Gasteiger partial charge is 0.319 e. The fourth-order valence-corrected chi connectivity index (χ4v) is 6.47. The molecule has 0 aliphatic carbocycles. The zero-order valence-electron chi connectivity index (χ0n) is 17.4. The summed E-state index contributed by atoms with van der Waals surface area (Å²) >= 11 is 0. The quantitative estimate of drug-likeness (QED) is 0.691. The van der Waals surface area contributed by atoms with E-state index in [1.165, 1.54) is 12.5 Å². The highest BCUT2D eigenvalue weighted by Crippen LogP contribution is 2.28. The van der Waals surface area contributed by atoms with E-state index < -0.39 is 20.8 Å². The van der Waals surface area contributed by atoms with Crippen LogP contribution >= 0.6 is 0 Å². The minimum atomic E-state index is -3.39. The molecule has 3 heterocycles. The van der Waals surface area contributed by atoms with Crippen molar-refractivity contribution in [2.45, 2.75) is 62.7 Å². The third-order valence-corrected chi connectivity index (χ3v) is 8.96. The molecule has 3 saturated heterocycles. The average molecular weight is 427 g/mol. The Hall–Kier alpha value is -1.61. The summed E-state index contributed by atoms with van der Waals surface area (Å²) in [5.74, 6) is -0.227. The number of carbonyl (C=O) groups is 2. The Morgan fingerprint density at radius 3 is 2.07 bits per heavy atom. The Morgan fingerprint density at radius 1 is 0.966 bits per heavy atom. The van der Waals surface area contributed by atoms with Crippen molar-refractivity contribution in [3.05, 3.63) is 12.7 Å². The van der Waals surface area contributed by atoms with Gasteiger partial charge in [0.05, 0.1) is 5.25 Å². The molecule has 164 valence electrons. The molecule has 29 heavy (non-hydrogen) atoms. The van der Waals surface area contributed by atoms with Crippen LogP contribution in [0.4, 0.5) is 4.79 Å². The molecule has 1 N–H and O–H groups in total. The molecule has 3 rings (SSSR count). The summed E-state index contributed by atoms with van der Waals surface area (Å²) in [6, 6.07) is 0.0623. The maximum atomic E-state index is 13.1. The van der Waals surface area contributed by atoms with E-state index in [2.05, 4.69) is 11.9 Å². The molecule has 0 atom stereocenters. The lowest BCUT2D eigenvalue weighted by Crippen LogP contribution is -2.56. The van der Waals surface area contributed by atoms with Gasteiger partial charge in [-0.2, -0.15) is 0 Å². The number of hydrogen-bond donors (Lipinski definition) is 1. The first-order valence-electron chi connectivity index (χ1n) is 10.7. The third kappa shape index (κ3) is 5.12. The molecule has 0 radical (unpaired) electrons. The Morgan fingerprint density at radius 2 is 1.52 bits per heavy atom. The first-order chi connectivity index (χ1) is 13.7. The van der Waals surface area contributed by atoms with Gasteiger partial charge in [0.1, 0.15) is 0 Å². The highest BCUT2D eigenvalue weighted by Gasteiger charge is 2.40. The van der Waals surface area contributed by atoms with Crippen LogP contribution in [-0.4, -0.2) is 84.5 Å². The SMILES string of the molecule is C=CC(=O)NC1(C)CCN(S(=O)(=O)C2CCN(C(=O)N3CCCCC3)CC2)CC1. The number of amides is 3. The highest BCUT2D eigenvalue weighted by atomic mass is 32.2. The van der Waals surface area contributed by atoms with E-state index in [-0.39, 0.29) is 11.9 Å². The number of piperidine rings is 3. The monoisotopic (exact) mass is 426 g/mol. The van der Waals surface area contributed by atoms with Crippen LogP contribution in [0.5, 0.6) is 0 Å². The molecule has 0 aromatic heterocycles. The second-order valence-corrected chi connectivity index (χ2v) is 10.9. The van der Waals surface area contributed by atoms with Crippen LogP contribution in [0.1, 0.15) is 51.9 Å². The van der Waals surface area contributed by atoms with Crippen molar-refractivity contribution in [3.63, 3.8) is 0 Å². The van der Waals surface area contributed by atoms with Crippen molar-refractivity contribution in [2.24, 2.45) is 0 Å². The Kier molecular flexibility index (Phi) is 6.88. The van der Waals surface area contributed by atoms with Gasteiger partial charge in [-0.3, -0.25) is 4.79 Å². The molecule has 9 heteroatoms. The zero-order chi connectivity index (χ0) is 21.1. The summed E-state index contributed by atoms with van der Waals surface area (Å²) in [5, 5.41) is 2.49. The average Bonchev–Trinajstić information content (AvgIpc) is 2.74. The molecule has 0 saturated carbocycles. The summed E-state index contributed by atoms with van der Waals surface area (Å²) in [7, 11) is -3.39. The lowest BCUT2D eigenvalue weighted by Gasteiger charge is -2.42. The molecular weight excluding hydrogens is 392 g/mol. The number of hydrogen-bond acceptors (Lipinski definition) is 4. The van der Waals surface area contributed by atoms with Gasteiger partial charge in [-0.25, -0.2) is 17.5 Å². The van der Waals surface area contributed by atoms with Gasteiger partial charge in [0.2, 0.25) is 15.9 Å². The van der Waals surface area contributed by atoms with Crippen LogP contribution in [-0.2, 0) is 14.8 Å². The number of likely N-dealkylation sites (tertiary alicyclic amines) is 2. The number of rotatable bonds is 4. The van der Waals surface area contributed by atoms with E-state index >= 15 is 0 Å². The maximum absolute atomic E-state index is 13.1. The van der Waals surface area contributed by atoms with Gasteiger partial charge < -0.3 is 15.1 Å². The molecule has 3 fully saturated rings. The lowest BCUT2D eigenvalue weighted by atomic mass is 9.90. The highest BCUT2D eigenvalue weighted by molar-refractivity contribution is 7.89. The normalized spacial score (nSPS) is 24.2. The Balaban J connectivity index is 1.52. The second-order valence-electron chi connectivity index (χ2n) is 8.71. The predicted octanol–water partition coefficient (Wildman–Crippen LogP) is 1.54. The van der Waals surface area contributed by atoms with Gasteiger partial charge in [0.25, 0.3) is 0 Å². The van der Waals surface area contributed by atoms with Gasteiger partial charge >= 0.3 is 6.03 Å². The Labute approximate surface area is 174 Å². The third-order valence-electron chi connectivity index (χ3n) is 6.56. The molecule has 3 aliphatic heterocycles. The summed E-state index contributed by atoms with van der Waals surface area (Å²) in [6.45, 7) is 8.85. The largest absolute Gasteiger partial charge is 0.347 e. The number of nitrogens with one attached hydrogen (secondary N) is 1. The first kappa shape index (κ1) is 22.1. The van der Waals surface area contributed by atoms with Crippen molar-refractivity contribution in [3.8, 4) is 0 Å². The van der Waals surface area contributed by atoms with Crippen LogP contribution in [0.15, 0.2) is 12.7 Å². The maximum Gasteiger partial charge on any atom is 0.319 e. The predicted molar refractivity (Wildman–Crippen MR) is 112 cm³/mol. The van der Waals surface area contributed by atoms with Crippen LogP contribution in [0.25, 0.3) is 0 Å². The van der Waals surface area contributed by atoms with E-state index in [1.807, 2.05) is 16.7 Å². The van der Waals surface area contributed by atoms with Gasteiger partial charge in [0, 0.05) is 44.8 Å². The van der Waals surface area contributed by atoms with Crippen LogP contribution in [0.2, 0.25) is 0 Å². The molecule has 8 nitrogen and oxygen atoms in total. The zero-order valence-corrected chi connectivity index (χ0v) is 18.3. The van der Waals surface area contributed by atoms with Crippen molar-refractivity contribution in [2.75, 3.05) is 39.3 Å². The van der Waals surface area contributed by atoms with Crippen LogP contribution in [0.3, 0.4) is 0 Å². The minimum absolute atomic E-state index is 0.0623.